The molecule has 1 heterocycles. The van der Waals surface area contributed by atoms with Gasteiger partial charge >= 0.3 is 0 Å². The van der Waals surface area contributed by atoms with Crippen LogP contribution in [0.5, 0.6) is 11.5 Å². The molecule has 0 radical (unpaired) electrons. The van der Waals surface area contributed by atoms with Crippen molar-refractivity contribution in [2.24, 2.45) is 0 Å². The molecule has 1 aromatic heterocycles. The molecule has 3 aromatic rings. The third-order valence-electron chi connectivity index (χ3n) is 6.26. The molecule has 0 spiro atoms. The Morgan fingerprint density at radius 1 is 0.909 bits per heavy atom. The maximum absolute atomic E-state index is 5.92. The molecule has 1 aliphatic rings. The van der Waals surface area contributed by atoms with E-state index in [0.717, 1.165) is 33.8 Å². The van der Waals surface area contributed by atoms with Crippen LogP contribution in [0.4, 0.5) is 0 Å². The fourth-order valence-corrected chi connectivity index (χ4v) is 5.15. The molecule has 1 aliphatic carbocycles. The quantitative estimate of drug-likeness (QED) is 0.267. The Morgan fingerprint density at radius 3 is 2.21 bits per heavy atom. The zero-order valence-corrected chi connectivity index (χ0v) is 21.0. The van der Waals surface area contributed by atoms with Crippen molar-refractivity contribution in [2.45, 2.75) is 69.5 Å². The molecule has 5 nitrogen and oxygen atoms in total. The smallest absolute Gasteiger partial charge is 0.191 e. The van der Waals surface area contributed by atoms with E-state index in [9.17, 15) is 0 Å². The summed E-state index contributed by atoms with van der Waals surface area (Å²) < 4.78 is 13.5. The van der Waals surface area contributed by atoms with E-state index in [1.165, 1.54) is 37.7 Å². The molecule has 0 saturated heterocycles. The number of hydrogen-bond donors (Lipinski definition) is 0. The van der Waals surface area contributed by atoms with Crippen LogP contribution in [0, 0.1) is 0 Å². The lowest BCUT2D eigenvalue weighted by Gasteiger charge is -2.26. The van der Waals surface area contributed by atoms with Gasteiger partial charge in [-0.15, -0.1) is 10.2 Å². The molecule has 0 bridgehead atoms. The van der Waals surface area contributed by atoms with E-state index in [1.54, 1.807) is 18.9 Å². The molecule has 0 atom stereocenters. The molecule has 0 amide bonds. The van der Waals surface area contributed by atoms with Crippen molar-refractivity contribution in [3.63, 3.8) is 0 Å². The third kappa shape index (κ3) is 5.91. The van der Waals surface area contributed by atoms with Crippen molar-refractivity contribution in [3.05, 3.63) is 54.1 Å². The van der Waals surface area contributed by atoms with Gasteiger partial charge in [-0.3, -0.25) is 4.57 Å². The lowest BCUT2D eigenvalue weighted by atomic mass is 9.86. The molecule has 0 N–H and O–H groups in total. The maximum atomic E-state index is 5.92. The highest BCUT2D eigenvalue weighted by Gasteiger charge is 2.24. The topological polar surface area (TPSA) is 49.2 Å². The first-order valence-corrected chi connectivity index (χ1v) is 12.9. The number of aromatic nitrogens is 3. The molecule has 0 unspecified atom stereocenters. The van der Waals surface area contributed by atoms with Gasteiger partial charge in [0.2, 0.25) is 0 Å². The SMILES string of the molecule is COc1ccc(OCCSc2nnc(-c3ccc(C(C)(C)C)cc3)n2C2CCCCC2)cc1. The molecular formula is C27H35N3O2S. The fourth-order valence-electron chi connectivity index (χ4n) is 4.32. The van der Waals surface area contributed by atoms with Crippen molar-refractivity contribution in [3.8, 4) is 22.9 Å². The molecule has 176 valence electrons. The molecule has 2 aromatic carbocycles. The van der Waals surface area contributed by atoms with E-state index in [2.05, 4.69) is 59.8 Å². The minimum absolute atomic E-state index is 0.139. The second kappa shape index (κ2) is 10.6. The van der Waals surface area contributed by atoms with Crippen LogP contribution in [0.1, 0.15) is 64.5 Å². The molecular weight excluding hydrogens is 430 g/mol. The van der Waals surface area contributed by atoms with Gasteiger partial charge in [0, 0.05) is 17.4 Å². The Balaban J connectivity index is 1.48. The average Bonchev–Trinajstić information content (AvgIpc) is 3.26. The van der Waals surface area contributed by atoms with E-state index in [-0.39, 0.29) is 5.41 Å². The summed E-state index contributed by atoms with van der Waals surface area (Å²) in [5, 5.41) is 10.3. The summed E-state index contributed by atoms with van der Waals surface area (Å²) in [6, 6.07) is 17.0. The number of methoxy groups -OCH3 is 1. The van der Waals surface area contributed by atoms with Gasteiger partial charge in [-0.1, -0.05) is 76.1 Å². The summed E-state index contributed by atoms with van der Waals surface area (Å²) in [6.45, 7) is 7.35. The zero-order valence-electron chi connectivity index (χ0n) is 20.2. The van der Waals surface area contributed by atoms with Crippen LogP contribution in [-0.2, 0) is 5.41 Å². The lowest BCUT2D eigenvalue weighted by Crippen LogP contribution is -2.15. The number of nitrogens with zero attached hydrogens (tertiary/aromatic N) is 3. The standard InChI is InChI=1S/C27H35N3O2S/c1-27(2,3)21-12-10-20(11-13-21)25-28-29-26(30(25)22-8-6-5-7-9-22)33-19-18-32-24-16-14-23(31-4)15-17-24/h10-17,22H,5-9,18-19H2,1-4H3. The first kappa shape index (κ1) is 23.7. The minimum Gasteiger partial charge on any atom is -0.497 e. The van der Waals surface area contributed by atoms with Gasteiger partial charge in [-0.25, -0.2) is 0 Å². The van der Waals surface area contributed by atoms with Crippen LogP contribution in [0.2, 0.25) is 0 Å². The Labute approximate surface area is 201 Å². The van der Waals surface area contributed by atoms with Crippen LogP contribution in [0.25, 0.3) is 11.4 Å². The number of thioether (sulfide) groups is 1. The monoisotopic (exact) mass is 465 g/mol. The van der Waals surface area contributed by atoms with Crippen LogP contribution in [0.15, 0.2) is 53.7 Å². The Bertz CT molecular complexity index is 1020. The number of ether oxygens (including phenoxy) is 2. The molecule has 1 fully saturated rings. The number of hydrogen-bond acceptors (Lipinski definition) is 5. The van der Waals surface area contributed by atoms with Gasteiger partial charge in [0.25, 0.3) is 0 Å². The zero-order chi connectivity index (χ0) is 23.3. The summed E-state index contributed by atoms with van der Waals surface area (Å²) in [5.74, 6) is 3.49. The predicted octanol–water partition coefficient (Wildman–Crippen LogP) is 6.93. The first-order chi connectivity index (χ1) is 16.0. The number of benzene rings is 2. The predicted molar refractivity (Wildman–Crippen MR) is 135 cm³/mol. The van der Waals surface area contributed by atoms with Crippen LogP contribution >= 0.6 is 11.8 Å². The highest BCUT2D eigenvalue weighted by Crippen LogP contribution is 2.36. The molecule has 0 aliphatic heterocycles. The van der Waals surface area contributed by atoms with Gasteiger partial charge in [-0.05, 0) is 48.1 Å². The summed E-state index contributed by atoms with van der Waals surface area (Å²) in [7, 11) is 1.67. The Kier molecular flexibility index (Phi) is 7.63. The van der Waals surface area contributed by atoms with Crippen LogP contribution < -0.4 is 9.47 Å². The van der Waals surface area contributed by atoms with Crippen LogP contribution in [0.3, 0.4) is 0 Å². The largest absolute Gasteiger partial charge is 0.497 e. The van der Waals surface area contributed by atoms with Crippen molar-refractivity contribution in [1.29, 1.82) is 0 Å². The molecule has 1 saturated carbocycles. The van der Waals surface area contributed by atoms with E-state index in [1.807, 2.05) is 24.3 Å². The maximum Gasteiger partial charge on any atom is 0.191 e. The van der Waals surface area contributed by atoms with Gasteiger partial charge in [-0.2, -0.15) is 0 Å². The van der Waals surface area contributed by atoms with Crippen LogP contribution in [-0.4, -0.2) is 34.2 Å². The van der Waals surface area contributed by atoms with Crippen molar-refractivity contribution in [1.82, 2.24) is 14.8 Å². The first-order valence-electron chi connectivity index (χ1n) is 11.9. The van der Waals surface area contributed by atoms with Gasteiger partial charge in [0.05, 0.1) is 13.7 Å². The van der Waals surface area contributed by atoms with Gasteiger partial charge in [0.15, 0.2) is 11.0 Å². The molecule has 4 rings (SSSR count). The highest BCUT2D eigenvalue weighted by molar-refractivity contribution is 7.99. The fraction of sp³-hybridized carbons (Fsp3) is 0.481. The normalized spacial score (nSPS) is 14.9. The highest BCUT2D eigenvalue weighted by atomic mass is 32.2. The van der Waals surface area contributed by atoms with Crippen molar-refractivity contribution < 1.29 is 9.47 Å². The van der Waals surface area contributed by atoms with Crippen molar-refractivity contribution >= 4 is 11.8 Å². The molecule has 6 heteroatoms. The summed E-state index contributed by atoms with van der Waals surface area (Å²) in [4.78, 5) is 0. The second-order valence-electron chi connectivity index (χ2n) is 9.67. The Hall–Kier alpha value is -2.47. The number of rotatable bonds is 8. The van der Waals surface area contributed by atoms with E-state index in [0.29, 0.717) is 12.6 Å². The summed E-state index contributed by atoms with van der Waals surface area (Å²) >= 11 is 1.73. The van der Waals surface area contributed by atoms with E-state index < -0.39 is 0 Å². The molecule has 33 heavy (non-hydrogen) atoms. The second-order valence-corrected chi connectivity index (χ2v) is 10.7. The van der Waals surface area contributed by atoms with E-state index >= 15 is 0 Å². The average molecular weight is 466 g/mol. The van der Waals surface area contributed by atoms with Crippen molar-refractivity contribution in [2.75, 3.05) is 19.5 Å². The summed E-state index contributed by atoms with van der Waals surface area (Å²) in [6.07, 6.45) is 6.26. The minimum atomic E-state index is 0.139. The Morgan fingerprint density at radius 2 is 1.58 bits per heavy atom. The van der Waals surface area contributed by atoms with Gasteiger partial charge < -0.3 is 9.47 Å². The summed E-state index contributed by atoms with van der Waals surface area (Å²) in [5.41, 5.74) is 2.61. The lowest BCUT2D eigenvalue weighted by molar-refractivity contribution is 0.336. The van der Waals surface area contributed by atoms with E-state index in [4.69, 9.17) is 9.47 Å². The third-order valence-corrected chi connectivity index (χ3v) is 7.16. The van der Waals surface area contributed by atoms with Gasteiger partial charge in [0.1, 0.15) is 11.5 Å².